The van der Waals surface area contributed by atoms with Gasteiger partial charge in [0.2, 0.25) is 0 Å². The monoisotopic (exact) mass is 250 g/mol. The molecule has 2 nitrogen and oxygen atoms in total. The van der Waals surface area contributed by atoms with Gasteiger partial charge in [-0.15, -0.1) is 0 Å². The normalized spacial score (nSPS) is 53.3. The highest BCUT2D eigenvalue weighted by Gasteiger charge is 2.22. The van der Waals surface area contributed by atoms with E-state index in [1.165, 1.54) is 12.3 Å². The molecule has 2 rings (SSSR count). The Hall–Kier alpha value is -0.410. The molecule has 1 atom stereocenters. The van der Waals surface area contributed by atoms with E-state index in [4.69, 9.17) is 13.7 Å². The van der Waals surface area contributed by atoms with Gasteiger partial charge in [0.25, 0.3) is 0 Å². The summed E-state index contributed by atoms with van der Waals surface area (Å²) in [7, 11) is 0. The zero-order valence-corrected chi connectivity index (χ0v) is 8.09. The highest BCUT2D eigenvalue weighted by molar-refractivity contribution is 9.10. The van der Waals surface area contributed by atoms with Crippen molar-refractivity contribution in [1.29, 1.82) is 0 Å². The Labute approximate surface area is 101 Å². The molecule has 0 bridgehead atoms. The summed E-state index contributed by atoms with van der Waals surface area (Å²) in [6, 6.07) is -1.61. The standard InChI is InChI=1S/C10H13BrN2/c1-13-4-2-3-10(13)8-5-9(11)7-12-6-8/h5-7,10H,2-4H2,1H3/i1D3,2D2,3D2,4D2,10D. The van der Waals surface area contributed by atoms with E-state index in [-0.39, 0.29) is 10.5 Å². The van der Waals surface area contributed by atoms with Gasteiger partial charge in [-0.25, -0.2) is 0 Å². The minimum atomic E-state index is -3.25. The number of pyridine rings is 1. The van der Waals surface area contributed by atoms with Crippen LogP contribution >= 0.6 is 15.9 Å². The van der Waals surface area contributed by atoms with Gasteiger partial charge in [-0.1, -0.05) is 0 Å². The Morgan fingerprint density at radius 1 is 1.85 bits per heavy atom. The predicted molar refractivity (Wildman–Crippen MR) is 56.5 cm³/mol. The van der Waals surface area contributed by atoms with E-state index >= 15 is 0 Å². The summed E-state index contributed by atoms with van der Waals surface area (Å²) in [5.74, 6) is 0. The topological polar surface area (TPSA) is 16.1 Å². The van der Waals surface area contributed by atoms with Gasteiger partial charge in [-0.05, 0) is 53.8 Å². The first-order valence-electron chi connectivity index (χ1n) is 8.53. The molecule has 1 saturated heterocycles. The number of hydrogen-bond acceptors (Lipinski definition) is 2. The van der Waals surface area contributed by atoms with Crippen molar-refractivity contribution < 1.29 is 13.7 Å². The second-order valence-corrected chi connectivity index (χ2v) is 3.35. The fourth-order valence-electron chi connectivity index (χ4n) is 0.997. The Bertz CT molecular complexity index is 630. The summed E-state index contributed by atoms with van der Waals surface area (Å²) in [6.45, 7) is -6.49. The Morgan fingerprint density at radius 2 is 2.77 bits per heavy atom. The molecule has 1 aromatic rings. The number of aromatic nitrogens is 1. The molecule has 0 radical (unpaired) electrons. The number of rotatable bonds is 1. The maximum Gasteiger partial charge on any atom is 0.0519 e. The van der Waals surface area contributed by atoms with Crippen molar-refractivity contribution in [2.24, 2.45) is 0 Å². The summed E-state index contributed by atoms with van der Waals surface area (Å²) in [5, 5.41) is 0. The molecule has 0 saturated carbocycles. The summed E-state index contributed by atoms with van der Waals surface area (Å²) in [4.78, 5) is 3.73. The molecule has 1 aliphatic heterocycles. The van der Waals surface area contributed by atoms with Crippen LogP contribution in [-0.2, 0) is 0 Å². The van der Waals surface area contributed by atoms with Crippen LogP contribution in [0.1, 0.15) is 38.0 Å². The minimum absolute atomic E-state index is 0.0313. The van der Waals surface area contributed by atoms with E-state index in [0.29, 0.717) is 4.47 Å². The third-order valence-electron chi connectivity index (χ3n) is 1.55. The van der Waals surface area contributed by atoms with Gasteiger partial charge < -0.3 is 0 Å². The molecule has 1 aromatic heterocycles. The van der Waals surface area contributed by atoms with Gasteiger partial charge in [0.05, 0.1) is 1.37 Å². The van der Waals surface area contributed by atoms with Crippen molar-refractivity contribution in [2.75, 3.05) is 13.5 Å². The van der Waals surface area contributed by atoms with E-state index in [1.54, 1.807) is 0 Å². The third-order valence-corrected chi connectivity index (χ3v) is 1.98. The lowest BCUT2D eigenvalue weighted by Gasteiger charge is -2.19. The number of likely N-dealkylation sites (tertiary alicyclic amines) is 1. The molecule has 2 heterocycles. The molecule has 0 amide bonds. The molecule has 0 spiro atoms. The quantitative estimate of drug-likeness (QED) is 0.762. The highest BCUT2D eigenvalue weighted by Crippen LogP contribution is 2.30. The molecular weight excluding hydrogens is 228 g/mol. The molecule has 0 N–H and O–H groups in total. The van der Waals surface area contributed by atoms with Gasteiger partial charge in [0.1, 0.15) is 0 Å². The smallest absolute Gasteiger partial charge is 0.0519 e. The van der Waals surface area contributed by atoms with Crippen LogP contribution in [0.15, 0.2) is 22.9 Å². The van der Waals surface area contributed by atoms with Crippen LogP contribution in [0.5, 0.6) is 0 Å². The van der Waals surface area contributed by atoms with Gasteiger partial charge in [0, 0.05) is 35.2 Å². The van der Waals surface area contributed by atoms with Crippen LogP contribution in [0.3, 0.4) is 0 Å². The second kappa shape index (κ2) is 3.76. The molecule has 0 aromatic carbocycles. The summed E-state index contributed by atoms with van der Waals surface area (Å²) in [5.41, 5.74) is -0.266. The predicted octanol–water partition coefficient (Wildman–Crippen LogP) is 2.61. The number of hydrogen-bond donors (Lipinski definition) is 0. The lowest BCUT2D eigenvalue weighted by atomic mass is 10.1. The molecule has 70 valence electrons. The van der Waals surface area contributed by atoms with E-state index in [1.807, 2.05) is 0 Å². The average molecular weight is 251 g/mol. The SMILES string of the molecule is [2H]C([2H])([2H])N1C([2H])([2H])C([2H])([2H])C([2H])([2H])C1([2H])c1cncc(Br)c1. The molecule has 3 heteroatoms. The summed E-state index contributed by atoms with van der Waals surface area (Å²) >= 11 is 3.08. The van der Waals surface area contributed by atoms with Gasteiger partial charge in [-0.2, -0.15) is 0 Å². The number of halogens is 1. The van der Waals surface area contributed by atoms with Crippen molar-refractivity contribution in [2.45, 2.75) is 18.8 Å². The minimum Gasteiger partial charge on any atom is -0.299 e. The molecule has 1 unspecified atom stereocenters. The van der Waals surface area contributed by atoms with Crippen molar-refractivity contribution in [3.05, 3.63) is 28.5 Å². The molecular formula is C10H13BrN2. The van der Waals surface area contributed by atoms with Crippen molar-refractivity contribution in [1.82, 2.24) is 9.88 Å². The Balaban J connectivity index is 2.86. The van der Waals surface area contributed by atoms with Crippen molar-refractivity contribution >= 4 is 15.9 Å². The summed E-state index contributed by atoms with van der Waals surface area (Å²) < 4.78 is 78.9. The first-order valence-corrected chi connectivity index (χ1v) is 4.32. The Kier molecular flexibility index (Phi) is 0.879. The van der Waals surface area contributed by atoms with Crippen LogP contribution in [0.4, 0.5) is 0 Å². The molecule has 13 heavy (non-hydrogen) atoms. The molecule has 0 aliphatic carbocycles. The van der Waals surface area contributed by atoms with Crippen molar-refractivity contribution in [3.63, 3.8) is 0 Å². The highest BCUT2D eigenvalue weighted by atomic mass is 79.9. The molecule has 1 fully saturated rings. The fraction of sp³-hybridized carbons (Fsp3) is 0.500. The Morgan fingerprint density at radius 3 is 3.54 bits per heavy atom. The van der Waals surface area contributed by atoms with E-state index in [0.717, 1.165) is 6.20 Å². The second-order valence-electron chi connectivity index (χ2n) is 2.44. The van der Waals surface area contributed by atoms with Crippen LogP contribution in [0.25, 0.3) is 0 Å². The number of nitrogens with zero attached hydrogens (tertiary/aromatic N) is 2. The van der Waals surface area contributed by atoms with Crippen LogP contribution < -0.4 is 0 Å². The van der Waals surface area contributed by atoms with Crippen LogP contribution in [0.2, 0.25) is 0 Å². The van der Waals surface area contributed by atoms with Crippen LogP contribution in [0, 0.1) is 0 Å². The first-order chi connectivity index (χ1) is 10.1. The first kappa shape index (κ1) is 3.04. The lowest BCUT2D eigenvalue weighted by molar-refractivity contribution is 0.317. The maximum atomic E-state index is 8.50. The van der Waals surface area contributed by atoms with Gasteiger partial charge in [0.15, 0.2) is 0 Å². The van der Waals surface area contributed by atoms with E-state index in [2.05, 4.69) is 20.9 Å². The fourth-order valence-corrected chi connectivity index (χ4v) is 1.36. The summed E-state index contributed by atoms with van der Waals surface area (Å²) in [6.07, 6.45) is -4.05. The van der Waals surface area contributed by atoms with E-state index < -0.39 is 32.2 Å². The third kappa shape index (κ3) is 1.92. The zero-order valence-electron chi connectivity index (χ0n) is 16.5. The van der Waals surface area contributed by atoms with E-state index in [9.17, 15) is 0 Å². The van der Waals surface area contributed by atoms with Crippen LogP contribution in [-0.4, -0.2) is 23.4 Å². The van der Waals surface area contributed by atoms with Gasteiger partial charge >= 0.3 is 0 Å². The average Bonchev–Trinajstić information content (AvgIpc) is 2.43. The van der Waals surface area contributed by atoms with Crippen molar-refractivity contribution in [3.8, 4) is 0 Å². The van der Waals surface area contributed by atoms with Gasteiger partial charge in [-0.3, -0.25) is 9.88 Å². The maximum absolute atomic E-state index is 8.50. The zero-order chi connectivity index (χ0) is 18.1. The lowest BCUT2D eigenvalue weighted by Crippen LogP contribution is -2.17. The largest absolute Gasteiger partial charge is 0.299 e. The molecule has 1 aliphatic rings.